The molecule has 0 bridgehead atoms. The van der Waals surface area contributed by atoms with Crippen molar-refractivity contribution in [1.82, 2.24) is 25.3 Å². The first-order valence-electron chi connectivity index (χ1n) is 8.84. The van der Waals surface area contributed by atoms with Crippen LogP contribution in [0.3, 0.4) is 0 Å². The van der Waals surface area contributed by atoms with Crippen LogP contribution in [0.4, 0.5) is 0 Å². The van der Waals surface area contributed by atoms with Crippen LogP contribution in [0.1, 0.15) is 19.3 Å². The summed E-state index contributed by atoms with van der Waals surface area (Å²) < 4.78 is 7.62. The molecule has 3 heterocycles. The Morgan fingerprint density at radius 2 is 2.08 bits per heavy atom. The van der Waals surface area contributed by atoms with Crippen molar-refractivity contribution in [1.29, 1.82) is 0 Å². The van der Waals surface area contributed by atoms with Crippen LogP contribution in [0, 0.1) is 0 Å². The highest BCUT2D eigenvalue weighted by atomic mass is 16.5. The Morgan fingerprint density at radius 3 is 2.85 bits per heavy atom. The van der Waals surface area contributed by atoms with Crippen molar-refractivity contribution in [2.45, 2.75) is 25.4 Å². The van der Waals surface area contributed by atoms with Gasteiger partial charge in [-0.3, -0.25) is 0 Å². The highest BCUT2D eigenvalue weighted by Gasteiger charge is 2.15. The summed E-state index contributed by atoms with van der Waals surface area (Å²) >= 11 is 0. The number of rotatable bonds is 4. The Labute approximate surface area is 151 Å². The smallest absolute Gasteiger partial charge is 0.233 e. The first kappa shape index (κ1) is 16.5. The van der Waals surface area contributed by atoms with Crippen LogP contribution in [-0.2, 0) is 0 Å². The average Bonchev–Trinajstić information content (AvgIpc) is 3.08. The summed E-state index contributed by atoms with van der Waals surface area (Å²) in [5.74, 6) is 0.657. The van der Waals surface area contributed by atoms with Gasteiger partial charge < -0.3 is 15.2 Å². The number of phenolic OH excluding ortho intramolecular Hbond substituents is 1. The van der Waals surface area contributed by atoms with E-state index in [2.05, 4.69) is 20.6 Å². The van der Waals surface area contributed by atoms with Crippen LogP contribution in [0.2, 0.25) is 0 Å². The number of benzene rings is 1. The van der Waals surface area contributed by atoms with Crippen LogP contribution in [0.5, 0.6) is 11.6 Å². The van der Waals surface area contributed by atoms with Crippen molar-refractivity contribution in [2.24, 2.45) is 0 Å². The summed E-state index contributed by atoms with van der Waals surface area (Å²) in [5, 5.41) is 26.3. The van der Waals surface area contributed by atoms with E-state index in [-0.39, 0.29) is 11.9 Å². The molecule has 1 fully saturated rings. The number of phenols is 1. The zero-order chi connectivity index (χ0) is 17.8. The van der Waals surface area contributed by atoms with Gasteiger partial charge in [0.25, 0.3) is 0 Å². The molecule has 1 aliphatic heterocycles. The lowest BCUT2D eigenvalue weighted by atomic mass is 10.1. The minimum absolute atomic E-state index is 0.135. The molecule has 1 atom stereocenters. The Hall–Kier alpha value is -2.93. The van der Waals surface area contributed by atoms with E-state index < -0.39 is 0 Å². The highest BCUT2D eigenvalue weighted by molar-refractivity contribution is 5.68. The van der Waals surface area contributed by atoms with Gasteiger partial charge in [0, 0.05) is 30.1 Å². The first-order valence-corrected chi connectivity index (χ1v) is 8.84. The lowest BCUT2D eigenvalue weighted by Gasteiger charge is -2.15. The van der Waals surface area contributed by atoms with Gasteiger partial charge >= 0.3 is 0 Å². The Kier molecular flexibility index (Phi) is 4.79. The molecule has 3 aromatic rings. The van der Waals surface area contributed by atoms with Crippen LogP contribution in [-0.4, -0.2) is 44.3 Å². The molecule has 7 heteroatoms. The molecule has 2 aromatic heterocycles. The van der Waals surface area contributed by atoms with E-state index in [0.717, 1.165) is 38.0 Å². The fourth-order valence-electron chi connectivity index (χ4n) is 3.10. The molecule has 26 heavy (non-hydrogen) atoms. The zero-order valence-electron chi connectivity index (χ0n) is 14.4. The van der Waals surface area contributed by atoms with Crippen LogP contribution < -0.4 is 10.1 Å². The summed E-state index contributed by atoms with van der Waals surface area (Å²) in [6.07, 6.45) is 6.78. The maximum absolute atomic E-state index is 10.4. The number of nitrogens with zero attached hydrogens (tertiary/aromatic N) is 4. The predicted molar refractivity (Wildman–Crippen MR) is 97.4 cm³/mol. The Balaban J connectivity index is 1.49. The van der Waals surface area contributed by atoms with Gasteiger partial charge in [-0.25, -0.2) is 4.68 Å². The molecule has 1 saturated heterocycles. The van der Waals surface area contributed by atoms with Crippen molar-refractivity contribution in [3.05, 3.63) is 48.8 Å². The van der Waals surface area contributed by atoms with Crippen molar-refractivity contribution in [3.8, 4) is 28.6 Å². The lowest BCUT2D eigenvalue weighted by molar-refractivity contribution is 0.178. The van der Waals surface area contributed by atoms with Crippen LogP contribution >= 0.6 is 0 Å². The molecule has 1 unspecified atom stereocenters. The topological polar surface area (TPSA) is 85.1 Å². The number of hydrogen-bond acceptors (Lipinski definition) is 6. The largest absolute Gasteiger partial charge is 0.507 e. The normalized spacial score (nSPS) is 17.6. The molecule has 134 valence electrons. The first-order chi connectivity index (χ1) is 12.8. The third-order valence-corrected chi connectivity index (χ3v) is 4.48. The molecule has 1 aliphatic rings. The lowest BCUT2D eigenvalue weighted by Crippen LogP contribution is -2.19. The third-order valence-electron chi connectivity index (χ3n) is 4.48. The van der Waals surface area contributed by atoms with E-state index in [1.54, 1.807) is 16.9 Å². The van der Waals surface area contributed by atoms with Crippen LogP contribution in [0.25, 0.3) is 16.9 Å². The van der Waals surface area contributed by atoms with E-state index in [1.165, 1.54) is 0 Å². The van der Waals surface area contributed by atoms with Gasteiger partial charge in [0.1, 0.15) is 11.9 Å². The maximum Gasteiger partial charge on any atom is 0.233 e. The van der Waals surface area contributed by atoms with Crippen LogP contribution in [0.15, 0.2) is 48.8 Å². The molecule has 0 amide bonds. The molecule has 0 radical (unpaired) electrons. The van der Waals surface area contributed by atoms with Gasteiger partial charge in [0.15, 0.2) is 0 Å². The Bertz CT molecular complexity index is 841. The predicted octanol–water partition coefficient (Wildman–Crippen LogP) is 2.56. The average molecular weight is 351 g/mol. The van der Waals surface area contributed by atoms with E-state index in [9.17, 15) is 5.11 Å². The number of aromatic nitrogens is 4. The molecule has 7 nitrogen and oxygen atoms in total. The summed E-state index contributed by atoms with van der Waals surface area (Å²) in [6, 6.07) is 10.8. The van der Waals surface area contributed by atoms with Crippen molar-refractivity contribution >= 4 is 0 Å². The molecular formula is C19H21N5O2. The van der Waals surface area contributed by atoms with E-state index in [1.807, 2.05) is 36.5 Å². The third kappa shape index (κ3) is 3.67. The van der Waals surface area contributed by atoms with Crippen molar-refractivity contribution < 1.29 is 9.84 Å². The Morgan fingerprint density at radius 1 is 1.12 bits per heavy atom. The number of ether oxygens (including phenoxy) is 1. The van der Waals surface area contributed by atoms with Gasteiger partial charge in [-0.15, -0.1) is 10.2 Å². The van der Waals surface area contributed by atoms with Gasteiger partial charge in [0.05, 0.1) is 11.4 Å². The number of aromatic hydroxyl groups is 1. The van der Waals surface area contributed by atoms with Gasteiger partial charge in [-0.1, -0.05) is 0 Å². The number of hydrogen-bond donors (Lipinski definition) is 2. The monoisotopic (exact) mass is 351 g/mol. The van der Waals surface area contributed by atoms with Crippen molar-refractivity contribution in [3.63, 3.8) is 0 Å². The second-order valence-corrected chi connectivity index (χ2v) is 6.33. The molecule has 0 aliphatic carbocycles. The van der Waals surface area contributed by atoms with Gasteiger partial charge in [-0.05, 0) is 56.6 Å². The maximum atomic E-state index is 10.4. The fraction of sp³-hybridized carbons (Fsp3) is 0.316. The van der Waals surface area contributed by atoms with E-state index in [0.29, 0.717) is 17.1 Å². The molecule has 0 saturated carbocycles. The molecule has 4 rings (SSSR count). The highest BCUT2D eigenvalue weighted by Crippen LogP contribution is 2.30. The van der Waals surface area contributed by atoms with E-state index in [4.69, 9.17) is 4.74 Å². The molecular weight excluding hydrogens is 330 g/mol. The van der Waals surface area contributed by atoms with E-state index >= 15 is 0 Å². The van der Waals surface area contributed by atoms with Crippen molar-refractivity contribution in [2.75, 3.05) is 13.1 Å². The summed E-state index contributed by atoms with van der Waals surface area (Å²) in [7, 11) is 0. The number of nitrogens with one attached hydrogen (secondary N) is 1. The minimum atomic E-state index is 0.135. The SMILES string of the molecule is Oc1cc(-n2cccn2)ccc1-c1ccc(OC2CCCNCC2)nn1. The summed E-state index contributed by atoms with van der Waals surface area (Å²) in [6.45, 7) is 2.00. The van der Waals surface area contributed by atoms with Gasteiger partial charge in [-0.2, -0.15) is 5.10 Å². The standard InChI is InChI=1S/C19H21N5O2/c25-18-13-14(24-12-2-10-21-24)4-5-16(18)17-6-7-19(23-22-17)26-15-3-1-9-20-11-8-15/h2,4-7,10,12-13,15,20,25H,1,3,8-9,11H2. The second-order valence-electron chi connectivity index (χ2n) is 6.33. The molecule has 0 spiro atoms. The quantitative estimate of drug-likeness (QED) is 0.751. The summed E-state index contributed by atoms with van der Waals surface area (Å²) in [5.41, 5.74) is 2.01. The molecule has 2 N–H and O–H groups in total. The second kappa shape index (κ2) is 7.53. The summed E-state index contributed by atoms with van der Waals surface area (Å²) in [4.78, 5) is 0. The molecule has 1 aromatic carbocycles. The zero-order valence-corrected chi connectivity index (χ0v) is 14.4. The van der Waals surface area contributed by atoms with Gasteiger partial charge in [0.2, 0.25) is 5.88 Å². The minimum Gasteiger partial charge on any atom is -0.507 e. The fourth-order valence-corrected chi connectivity index (χ4v) is 3.10.